The number of rotatable bonds is 13. The molecule has 4 nitrogen and oxygen atoms in total. The van der Waals surface area contributed by atoms with Gasteiger partial charge < -0.3 is 10.5 Å². The number of carbonyl (C=O) groups excluding carboxylic acids is 2. The van der Waals surface area contributed by atoms with Crippen molar-refractivity contribution < 1.29 is 14.3 Å². The van der Waals surface area contributed by atoms with Crippen LogP contribution in [-0.2, 0) is 14.3 Å². The summed E-state index contributed by atoms with van der Waals surface area (Å²) in [4.78, 5) is 22.4. The van der Waals surface area contributed by atoms with Crippen LogP contribution in [0.3, 0.4) is 0 Å². The molecule has 0 bridgehead atoms. The van der Waals surface area contributed by atoms with Crippen LogP contribution in [0.15, 0.2) is 0 Å². The molecule has 0 aromatic rings. The van der Waals surface area contributed by atoms with Crippen molar-refractivity contribution in [3.05, 3.63) is 0 Å². The van der Waals surface area contributed by atoms with Gasteiger partial charge in [0.15, 0.2) is 0 Å². The van der Waals surface area contributed by atoms with Crippen LogP contribution < -0.4 is 5.73 Å². The van der Waals surface area contributed by atoms with Crippen molar-refractivity contribution in [1.29, 1.82) is 0 Å². The Bertz CT molecular complexity index is 283. The smallest absolute Gasteiger partial charge is 0.330 e. The molecule has 0 heterocycles. The quantitative estimate of drug-likeness (QED) is 0.240. The molecule has 0 fully saturated rings. The maximum absolute atomic E-state index is 11.3. The molecule has 22 heavy (non-hydrogen) atoms. The van der Waals surface area contributed by atoms with Crippen LogP contribution in [0.2, 0.25) is 0 Å². The van der Waals surface area contributed by atoms with E-state index in [0.29, 0.717) is 6.42 Å². The number of ether oxygens (including phenoxy) is 1. The summed E-state index contributed by atoms with van der Waals surface area (Å²) in [6.07, 6.45) is 13.9. The van der Waals surface area contributed by atoms with Crippen molar-refractivity contribution in [2.45, 2.75) is 96.9 Å². The Morgan fingerprint density at radius 3 is 1.68 bits per heavy atom. The Kier molecular flexibility index (Phi) is 20.5. The van der Waals surface area contributed by atoms with E-state index in [-0.39, 0.29) is 51.4 Å². The molecule has 0 aliphatic rings. The summed E-state index contributed by atoms with van der Waals surface area (Å²) in [5.74, 6) is -1.09. The van der Waals surface area contributed by atoms with E-state index in [4.69, 9.17) is 5.73 Å². The van der Waals surface area contributed by atoms with Gasteiger partial charge in [-0.2, -0.15) is 0 Å². The van der Waals surface area contributed by atoms with Gasteiger partial charge in [0.25, 0.3) is 0 Å². The number of nitrogens with two attached hydrogens (primary N) is 1. The maximum Gasteiger partial charge on any atom is 0.330 e. The van der Waals surface area contributed by atoms with Crippen molar-refractivity contribution in [2.75, 3.05) is 0 Å². The number of esters is 2. The Labute approximate surface area is 178 Å². The molecule has 1 radical (unpaired) electrons. The van der Waals surface area contributed by atoms with Crippen molar-refractivity contribution in [3.8, 4) is 0 Å². The van der Waals surface area contributed by atoms with Gasteiger partial charge in [0, 0.05) is 57.8 Å². The average Bonchev–Trinajstić information content (AvgIpc) is 2.44. The molecule has 0 unspecified atom stereocenters. The second kappa shape index (κ2) is 18.1. The molecule has 5 heteroatoms. The summed E-state index contributed by atoms with van der Waals surface area (Å²) >= 11 is 0. The summed E-state index contributed by atoms with van der Waals surface area (Å²) in [6.45, 7) is 3.75. The summed E-state index contributed by atoms with van der Waals surface area (Å²) in [5.41, 5.74) is 5.32. The molecule has 0 rings (SSSR count). The third-order valence-corrected chi connectivity index (χ3v) is 3.57. The SMILES string of the molecule is CCCCCCCCCCCCCC(=O)OC(=O)[C@H](C)N.[K]. The molecule has 0 aliphatic heterocycles. The van der Waals surface area contributed by atoms with Gasteiger partial charge in [-0.25, -0.2) is 4.79 Å². The van der Waals surface area contributed by atoms with E-state index >= 15 is 0 Å². The first-order chi connectivity index (χ1) is 10.1. The Hall–Kier alpha value is 0.736. The first-order valence-electron chi connectivity index (χ1n) is 8.58. The fourth-order valence-corrected chi connectivity index (χ4v) is 2.19. The van der Waals surface area contributed by atoms with Crippen LogP contribution >= 0.6 is 0 Å². The van der Waals surface area contributed by atoms with E-state index in [1.807, 2.05) is 0 Å². The van der Waals surface area contributed by atoms with E-state index < -0.39 is 18.0 Å². The van der Waals surface area contributed by atoms with Gasteiger partial charge in [-0.1, -0.05) is 71.1 Å². The van der Waals surface area contributed by atoms with Gasteiger partial charge >= 0.3 is 11.9 Å². The molecule has 0 amide bonds. The normalized spacial score (nSPS) is 11.6. The molecule has 125 valence electrons. The zero-order valence-corrected chi connectivity index (χ0v) is 18.0. The Balaban J connectivity index is 0. The van der Waals surface area contributed by atoms with E-state index in [1.54, 1.807) is 0 Å². The molecule has 0 saturated heterocycles. The van der Waals surface area contributed by atoms with Crippen LogP contribution in [0.1, 0.15) is 90.9 Å². The molecular formula is C17H33KNO3. The topological polar surface area (TPSA) is 69.4 Å². The second-order valence-electron chi connectivity index (χ2n) is 5.87. The molecular weight excluding hydrogens is 305 g/mol. The van der Waals surface area contributed by atoms with E-state index in [1.165, 1.54) is 58.3 Å². The zero-order valence-electron chi connectivity index (χ0n) is 14.9. The van der Waals surface area contributed by atoms with Gasteiger partial charge in [-0.3, -0.25) is 4.79 Å². The van der Waals surface area contributed by atoms with Crippen LogP contribution in [-0.4, -0.2) is 69.4 Å². The van der Waals surface area contributed by atoms with Crippen LogP contribution in [0.5, 0.6) is 0 Å². The molecule has 0 aromatic carbocycles. The van der Waals surface area contributed by atoms with Gasteiger partial charge in [0.1, 0.15) is 6.04 Å². The van der Waals surface area contributed by atoms with Crippen LogP contribution in [0, 0.1) is 0 Å². The largest absolute Gasteiger partial charge is 0.392 e. The minimum atomic E-state index is -0.730. The summed E-state index contributed by atoms with van der Waals surface area (Å²) in [6, 6.07) is -0.730. The van der Waals surface area contributed by atoms with E-state index in [9.17, 15) is 9.59 Å². The zero-order chi connectivity index (χ0) is 15.9. The fraction of sp³-hybridized carbons (Fsp3) is 0.882. The van der Waals surface area contributed by atoms with E-state index in [0.717, 1.165) is 19.3 Å². The number of carbonyl (C=O) groups is 2. The fourth-order valence-electron chi connectivity index (χ4n) is 2.19. The van der Waals surface area contributed by atoms with Crippen molar-refractivity contribution in [2.24, 2.45) is 5.73 Å². The number of hydrogen-bond acceptors (Lipinski definition) is 4. The monoisotopic (exact) mass is 338 g/mol. The number of hydrogen-bond donors (Lipinski definition) is 1. The molecule has 2 N–H and O–H groups in total. The maximum atomic E-state index is 11.3. The summed E-state index contributed by atoms with van der Waals surface area (Å²) in [7, 11) is 0. The molecule has 0 spiro atoms. The minimum Gasteiger partial charge on any atom is -0.392 e. The van der Waals surface area contributed by atoms with Gasteiger partial charge in [-0.05, 0) is 13.3 Å². The minimum absolute atomic E-state index is 0. The third kappa shape index (κ3) is 17.1. The van der Waals surface area contributed by atoms with Crippen molar-refractivity contribution >= 4 is 63.3 Å². The predicted octanol–water partition coefficient (Wildman–Crippen LogP) is 3.72. The summed E-state index contributed by atoms with van der Waals surface area (Å²) < 4.78 is 4.60. The van der Waals surface area contributed by atoms with Crippen molar-refractivity contribution in [3.63, 3.8) is 0 Å². The molecule has 1 atom stereocenters. The van der Waals surface area contributed by atoms with Crippen LogP contribution in [0.4, 0.5) is 0 Å². The number of unbranched alkanes of at least 4 members (excludes halogenated alkanes) is 10. The van der Waals surface area contributed by atoms with Gasteiger partial charge in [0.05, 0.1) is 0 Å². The third-order valence-electron chi connectivity index (χ3n) is 3.57. The standard InChI is InChI=1S/C17H33NO3.K/c1-3-4-5-6-7-8-9-10-11-12-13-14-16(19)21-17(20)15(2)18;/h15H,3-14,18H2,1-2H3;/t15-;/m0./s1. The summed E-state index contributed by atoms with van der Waals surface area (Å²) in [5, 5.41) is 0. The van der Waals surface area contributed by atoms with Crippen molar-refractivity contribution in [1.82, 2.24) is 0 Å². The first kappa shape index (κ1) is 25.0. The van der Waals surface area contributed by atoms with E-state index in [2.05, 4.69) is 11.7 Å². The van der Waals surface area contributed by atoms with Crippen LogP contribution in [0.25, 0.3) is 0 Å². The Morgan fingerprint density at radius 1 is 0.864 bits per heavy atom. The first-order valence-corrected chi connectivity index (χ1v) is 8.58. The molecule has 0 saturated carbocycles. The predicted molar refractivity (Wildman–Crippen MR) is 91.6 cm³/mol. The average molecular weight is 339 g/mol. The van der Waals surface area contributed by atoms with Gasteiger partial charge in [0.2, 0.25) is 0 Å². The Morgan fingerprint density at radius 2 is 1.27 bits per heavy atom. The molecule has 0 aliphatic carbocycles. The molecule has 0 aromatic heterocycles. The second-order valence-corrected chi connectivity index (χ2v) is 5.87. The van der Waals surface area contributed by atoms with Gasteiger partial charge in [-0.15, -0.1) is 0 Å².